The molecule has 0 fully saturated rings. The van der Waals surface area contributed by atoms with Gasteiger partial charge in [0.2, 0.25) is 0 Å². The lowest BCUT2D eigenvalue weighted by molar-refractivity contribution is -0.857. The molecule has 1 aliphatic rings. The van der Waals surface area contributed by atoms with Gasteiger partial charge in [-0.2, -0.15) is 0 Å². The predicted molar refractivity (Wildman–Crippen MR) is 78.1 cm³/mol. The van der Waals surface area contributed by atoms with Crippen molar-refractivity contribution in [3.05, 3.63) is 23.3 Å². The van der Waals surface area contributed by atoms with Gasteiger partial charge in [-0.25, -0.2) is 0 Å². The highest BCUT2D eigenvalue weighted by Crippen LogP contribution is 2.33. The molecule has 1 aromatic rings. The Labute approximate surface area is 132 Å². The molecule has 1 aromatic carbocycles. The molecule has 4 nitrogen and oxygen atoms in total. The summed E-state index contributed by atoms with van der Waals surface area (Å²) in [5.41, 5.74) is 1.84. The summed E-state index contributed by atoms with van der Waals surface area (Å²) in [6.07, 6.45) is 2.27. The van der Waals surface area contributed by atoms with Crippen molar-refractivity contribution in [3.8, 4) is 11.5 Å². The molecule has 0 aliphatic carbocycles. The number of ether oxygens (including phenoxy) is 2. The molecule has 0 atom stereocenters. The van der Waals surface area contributed by atoms with E-state index in [0.29, 0.717) is 25.4 Å². The van der Waals surface area contributed by atoms with Gasteiger partial charge in [-0.3, -0.25) is 4.79 Å². The first kappa shape index (κ1) is 17.8. The van der Waals surface area contributed by atoms with Crippen molar-refractivity contribution in [2.45, 2.75) is 26.2 Å². The number of rotatable bonds is 5. The monoisotopic (exact) mass is 313 g/mol. The van der Waals surface area contributed by atoms with Crippen molar-refractivity contribution in [1.82, 2.24) is 0 Å². The average Bonchev–Trinajstić information content (AvgIpc) is 2.67. The van der Waals surface area contributed by atoms with Gasteiger partial charge in [0.15, 0.2) is 17.3 Å². The van der Waals surface area contributed by atoms with Crippen LogP contribution in [0.4, 0.5) is 0 Å². The third-order valence-electron chi connectivity index (χ3n) is 3.51. The SMILES string of the molecule is CCc1cc2c(cc1C(=O)CC[NH+](C)C)OCCCO2.[Cl-]. The quantitative estimate of drug-likeness (QED) is 0.648. The standard InChI is InChI=1S/C16H23NO3.ClH/c1-4-12-10-15-16(20-9-5-8-19-15)11-13(12)14(18)6-7-17(2)3;/h10-11H,4-9H2,1-3H3;1H. The van der Waals surface area contributed by atoms with Crippen LogP contribution in [0.25, 0.3) is 0 Å². The first-order valence-electron chi connectivity index (χ1n) is 7.36. The van der Waals surface area contributed by atoms with Gasteiger partial charge in [0.05, 0.1) is 40.3 Å². The van der Waals surface area contributed by atoms with Gasteiger partial charge in [0, 0.05) is 12.0 Å². The minimum absolute atomic E-state index is 0. The van der Waals surface area contributed by atoms with E-state index in [0.717, 1.165) is 36.3 Å². The largest absolute Gasteiger partial charge is 1.00 e. The number of nitrogens with one attached hydrogen (secondary N) is 1. The van der Waals surface area contributed by atoms with Gasteiger partial charge in [-0.15, -0.1) is 0 Å². The second-order valence-electron chi connectivity index (χ2n) is 5.49. The fourth-order valence-electron chi connectivity index (χ4n) is 2.30. The molecule has 0 amide bonds. The van der Waals surface area contributed by atoms with Gasteiger partial charge in [-0.1, -0.05) is 6.92 Å². The number of quaternary nitrogens is 1. The topological polar surface area (TPSA) is 40.0 Å². The molecule has 0 bridgehead atoms. The van der Waals surface area contributed by atoms with Gasteiger partial charge < -0.3 is 26.8 Å². The number of benzene rings is 1. The van der Waals surface area contributed by atoms with Crippen LogP contribution in [0.3, 0.4) is 0 Å². The number of Topliss-reactive ketones (excluding diaryl/α,β-unsaturated/α-hetero) is 1. The van der Waals surface area contributed by atoms with E-state index in [1.165, 1.54) is 4.90 Å². The van der Waals surface area contributed by atoms with Crippen LogP contribution in [0.15, 0.2) is 12.1 Å². The zero-order chi connectivity index (χ0) is 14.5. The molecule has 0 spiro atoms. The lowest BCUT2D eigenvalue weighted by Crippen LogP contribution is -3.05. The maximum Gasteiger partial charge on any atom is 0.168 e. The minimum Gasteiger partial charge on any atom is -1.00 e. The Morgan fingerprint density at radius 2 is 1.81 bits per heavy atom. The van der Waals surface area contributed by atoms with E-state index in [4.69, 9.17) is 9.47 Å². The first-order valence-corrected chi connectivity index (χ1v) is 7.36. The molecule has 21 heavy (non-hydrogen) atoms. The fraction of sp³-hybridized carbons (Fsp3) is 0.562. The van der Waals surface area contributed by atoms with Gasteiger partial charge in [-0.05, 0) is 24.1 Å². The number of fused-ring (bicyclic) bond motifs is 1. The van der Waals surface area contributed by atoms with Gasteiger partial charge in [0.1, 0.15) is 0 Å². The third kappa shape index (κ3) is 4.61. The van der Waals surface area contributed by atoms with E-state index in [1.54, 1.807) is 0 Å². The number of ketones is 1. The van der Waals surface area contributed by atoms with Gasteiger partial charge in [0.25, 0.3) is 0 Å². The Kier molecular flexibility index (Phi) is 6.99. The maximum absolute atomic E-state index is 12.4. The van der Waals surface area contributed by atoms with Crippen LogP contribution in [-0.2, 0) is 6.42 Å². The van der Waals surface area contributed by atoms with Crippen molar-refractivity contribution in [1.29, 1.82) is 0 Å². The molecule has 0 saturated carbocycles. The molecule has 1 aliphatic heterocycles. The molecular formula is C16H24ClNO3. The predicted octanol–water partition coefficient (Wildman–Crippen LogP) is -1.87. The second kappa shape index (κ2) is 8.25. The Hall–Kier alpha value is -1.26. The van der Waals surface area contributed by atoms with Crippen LogP contribution < -0.4 is 26.8 Å². The molecule has 0 aromatic heterocycles. The van der Waals surface area contributed by atoms with Crippen LogP contribution in [0.2, 0.25) is 0 Å². The summed E-state index contributed by atoms with van der Waals surface area (Å²) in [5, 5.41) is 0. The first-order chi connectivity index (χ1) is 9.61. The highest BCUT2D eigenvalue weighted by atomic mass is 35.5. The van der Waals surface area contributed by atoms with Crippen LogP contribution in [0, 0.1) is 0 Å². The molecule has 5 heteroatoms. The number of hydrogen-bond acceptors (Lipinski definition) is 3. The second-order valence-corrected chi connectivity index (χ2v) is 5.49. The summed E-state index contributed by atoms with van der Waals surface area (Å²) < 4.78 is 11.4. The summed E-state index contributed by atoms with van der Waals surface area (Å²) in [4.78, 5) is 13.7. The number of aryl methyl sites for hydroxylation is 1. The van der Waals surface area contributed by atoms with E-state index < -0.39 is 0 Å². The zero-order valence-corrected chi connectivity index (χ0v) is 13.8. The molecule has 0 saturated heterocycles. The van der Waals surface area contributed by atoms with Crippen LogP contribution >= 0.6 is 0 Å². The smallest absolute Gasteiger partial charge is 0.168 e. The normalized spacial score (nSPS) is 13.5. The summed E-state index contributed by atoms with van der Waals surface area (Å²) in [7, 11) is 4.12. The van der Waals surface area contributed by atoms with Crippen LogP contribution in [0.1, 0.15) is 35.7 Å². The Morgan fingerprint density at radius 1 is 1.19 bits per heavy atom. The van der Waals surface area contributed by atoms with E-state index in [9.17, 15) is 4.79 Å². The molecule has 0 unspecified atom stereocenters. The Morgan fingerprint density at radius 3 is 2.38 bits per heavy atom. The molecular weight excluding hydrogens is 290 g/mol. The number of hydrogen-bond donors (Lipinski definition) is 1. The Balaban J connectivity index is 0.00000220. The maximum atomic E-state index is 12.4. The fourth-order valence-corrected chi connectivity index (χ4v) is 2.30. The van der Waals surface area contributed by atoms with Crippen LogP contribution in [0.5, 0.6) is 11.5 Å². The zero-order valence-electron chi connectivity index (χ0n) is 13.0. The van der Waals surface area contributed by atoms with Crippen molar-refractivity contribution in [2.24, 2.45) is 0 Å². The van der Waals surface area contributed by atoms with E-state index in [1.807, 2.05) is 12.1 Å². The highest BCUT2D eigenvalue weighted by molar-refractivity contribution is 5.98. The van der Waals surface area contributed by atoms with E-state index >= 15 is 0 Å². The summed E-state index contributed by atoms with van der Waals surface area (Å²) >= 11 is 0. The summed E-state index contributed by atoms with van der Waals surface area (Å²) in [6.45, 7) is 4.23. The van der Waals surface area contributed by atoms with Crippen molar-refractivity contribution < 1.29 is 31.6 Å². The minimum atomic E-state index is 0. The average molecular weight is 314 g/mol. The molecule has 118 valence electrons. The van der Waals surface area contributed by atoms with Crippen LogP contribution in [-0.4, -0.2) is 39.6 Å². The van der Waals surface area contributed by atoms with Crippen molar-refractivity contribution >= 4 is 5.78 Å². The molecule has 1 heterocycles. The lowest BCUT2D eigenvalue weighted by Gasteiger charge is -2.14. The highest BCUT2D eigenvalue weighted by Gasteiger charge is 2.18. The Bertz CT molecular complexity index is 489. The molecule has 0 radical (unpaired) electrons. The number of carbonyl (C=O) groups excluding carboxylic acids is 1. The summed E-state index contributed by atoms with van der Waals surface area (Å²) in [5.74, 6) is 1.67. The lowest BCUT2D eigenvalue weighted by atomic mass is 9.98. The van der Waals surface area contributed by atoms with E-state index in [2.05, 4.69) is 21.0 Å². The number of halogens is 1. The molecule has 2 rings (SSSR count). The van der Waals surface area contributed by atoms with Crippen molar-refractivity contribution in [3.63, 3.8) is 0 Å². The molecule has 1 N–H and O–H groups in total. The van der Waals surface area contributed by atoms with Crippen molar-refractivity contribution in [2.75, 3.05) is 33.9 Å². The summed E-state index contributed by atoms with van der Waals surface area (Å²) in [6, 6.07) is 3.84. The van der Waals surface area contributed by atoms with E-state index in [-0.39, 0.29) is 18.2 Å². The third-order valence-corrected chi connectivity index (χ3v) is 3.51. The number of carbonyl (C=O) groups is 1. The van der Waals surface area contributed by atoms with Gasteiger partial charge >= 0.3 is 0 Å².